The van der Waals surface area contributed by atoms with E-state index in [0.717, 1.165) is 10.5 Å². The number of nitriles is 1. The third kappa shape index (κ3) is 7.71. The second-order valence-electron chi connectivity index (χ2n) is 10.2. The summed E-state index contributed by atoms with van der Waals surface area (Å²) < 4.78 is 5.32. The lowest BCUT2D eigenvalue weighted by Gasteiger charge is -2.34. The zero-order chi connectivity index (χ0) is 27.9. The molecule has 198 valence electrons. The molecular formula is C28H36N4O5. The summed E-state index contributed by atoms with van der Waals surface area (Å²) in [6, 6.07) is 11.5. The van der Waals surface area contributed by atoms with Gasteiger partial charge in [0.25, 0.3) is 5.91 Å². The maximum absolute atomic E-state index is 13.9. The number of phenolic OH excluding ortho intramolecular Hbond substituents is 1. The van der Waals surface area contributed by atoms with E-state index in [4.69, 9.17) is 4.74 Å². The summed E-state index contributed by atoms with van der Waals surface area (Å²) in [6.07, 6.45) is -0.796. The van der Waals surface area contributed by atoms with Gasteiger partial charge in [0.05, 0.1) is 6.07 Å². The predicted molar refractivity (Wildman–Crippen MR) is 141 cm³/mol. The number of phenols is 1. The van der Waals surface area contributed by atoms with E-state index in [2.05, 4.69) is 10.6 Å². The fourth-order valence-electron chi connectivity index (χ4n) is 3.77. The predicted octanol–water partition coefficient (Wildman–Crippen LogP) is 4.59. The number of anilines is 1. The molecule has 0 spiro atoms. The van der Waals surface area contributed by atoms with Crippen LogP contribution in [0.2, 0.25) is 0 Å². The molecule has 3 amide bonds. The fraction of sp³-hybridized carbons (Fsp3) is 0.429. The Morgan fingerprint density at radius 1 is 1.05 bits per heavy atom. The van der Waals surface area contributed by atoms with Crippen molar-refractivity contribution in [2.45, 2.75) is 66.2 Å². The lowest BCUT2D eigenvalue weighted by molar-refractivity contribution is -0.141. The molecule has 0 bridgehead atoms. The molecule has 0 aliphatic rings. The van der Waals surface area contributed by atoms with Gasteiger partial charge in [0.2, 0.25) is 5.91 Å². The molecule has 0 saturated carbocycles. The summed E-state index contributed by atoms with van der Waals surface area (Å²) in [5, 5.41) is 25.9. The number of ether oxygens (including phenoxy) is 1. The minimum absolute atomic E-state index is 0.162. The van der Waals surface area contributed by atoms with Gasteiger partial charge in [-0.3, -0.25) is 9.59 Å². The molecule has 0 aliphatic heterocycles. The quantitative estimate of drug-likeness (QED) is 0.447. The van der Waals surface area contributed by atoms with Crippen molar-refractivity contribution < 1.29 is 24.2 Å². The lowest BCUT2D eigenvalue weighted by Crippen LogP contribution is -2.54. The van der Waals surface area contributed by atoms with Gasteiger partial charge in [0.15, 0.2) is 0 Å². The summed E-state index contributed by atoms with van der Waals surface area (Å²) in [4.78, 5) is 41.2. The van der Waals surface area contributed by atoms with E-state index in [1.165, 1.54) is 6.07 Å². The van der Waals surface area contributed by atoms with Crippen molar-refractivity contribution in [2.75, 3.05) is 11.9 Å². The standard InChI is InChI=1S/C28H36N4O5/c1-17(2)22(31-27(36)37-28(5,6)7)26(35)32(16-15-29)23(20-13-10-12-19(4)24(20)33)25(34)30-21-14-9-8-11-18(21)3/h8-14,17,22-23,33H,16H2,1-7H3,(H,30,34)(H,31,36). The smallest absolute Gasteiger partial charge is 0.408 e. The summed E-state index contributed by atoms with van der Waals surface area (Å²) in [5.74, 6) is -1.83. The summed E-state index contributed by atoms with van der Waals surface area (Å²) >= 11 is 0. The topological polar surface area (TPSA) is 132 Å². The Bertz CT molecular complexity index is 1180. The minimum Gasteiger partial charge on any atom is -0.507 e. The second kappa shape index (κ2) is 12.3. The first-order chi connectivity index (χ1) is 17.3. The third-order valence-electron chi connectivity index (χ3n) is 5.66. The Morgan fingerprint density at radius 3 is 2.24 bits per heavy atom. The SMILES string of the molecule is Cc1ccccc1NC(=O)C(c1cccc(C)c1O)N(CC#N)C(=O)C(NC(=O)OC(C)(C)C)C(C)C. The van der Waals surface area contributed by atoms with Crippen molar-refractivity contribution in [2.24, 2.45) is 5.92 Å². The zero-order valence-electron chi connectivity index (χ0n) is 22.5. The van der Waals surface area contributed by atoms with Crippen LogP contribution >= 0.6 is 0 Å². The van der Waals surface area contributed by atoms with E-state index >= 15 is 0 Å². The maximum atomic E-state index is 13.9. The summed E-state index contributed by atoms with van der Waals surface area (Å²) in [7, 11) is 0. The van der Waals surface area contributed by atoms with Crippen LogP contribution in [0.15, 0.2) is 42.5 Å². The van der Waals surface area contributed by atoms with Crippen LogP contribution in [0.5, 0.6) is 5.75 Å². The number of amides is 3. The highest BCUT2D eigenvalue weighted by Gasteiger charge is 2.38. The number of para-hydroxylation sites is 2. The van der Waals surface area contributed by atoms with E-state index in [9.17, 15) is 24.8 Å². The first-order valence-electron chi connectivity index (χ1n) is 12.1. The molecule has 3 N–H and O–H groups in total. The third-order valence-corrected chi connectivity index (χ3v) is 5.66. The molecule has 2 aromatic rings. The molecule has 0 aromatic heterocycles. The highest BCUT2D eigenvalue weighted by Crippen LogP contribution is 2.33. The Labute approximate surface area is 218 Å². The number of benzene rings is 2. The zero-order valence-corrected chi connectivity index (χ0v) is 22.5. The Morgan fingerprint density at radius 2 is 1.68 bits per heavy atom. The number of carbonyl (C=O) groups excluding carboxylic acids is 3. The number of aromatic hydroxyl groups is 1. The van der Waals surface area contributed by atoms with Crippen LogP contribution in [0.3, 0.4) is 0 Å². The Kier molecular flexibility index (Phi) is 9.67. The van der Waals surface area contributed by atoms with Crippen molar-refractivity contribution in [1.29, 1.82) is 5.26 Å². The molecule has 2 unspecified atom stereocenters. The van der Waals surface area contributed by atoms with Crippen LogP contribution in [0.25, 0.3) is 0 Å². The first-order valence-corrected chi connectivity index (χ1v) is 12.1. The van der Waals surface area contributed by atoms with E-state index < -0.39 is 48.1 Å². The highest BCUT2D eigenvalue weighted by molar-refractivity contribution is 6.00. The molecule has 0 radical (unpaired) electrons. The van der Waals surface area contributed by atoms with E-state index in [1.807, 2.05) is 25.1 Å². The molecule has 2 atom stereocenters. The fourth-order valence-corrected chi connectivity index (χ4v) is 3.77. The van der Waals surface area contributed by atoms with Crippen molar-refractivity contribution in [3.63, 3.8) is 0 Å². The average Bonchev–Trinajstić information content (AvgIpc) is 2.79. The minimum atomic E-state index is -1.35. The molecular weight excluding hydrogens is 472 g/mol. The number of carbonyl (C=O) groups is 3. The normalized spacial score (nSPS) is 12.7. The number of aryl methyl sites for hydroxylation is 2. The van der Waals surface area contributed by atoms with Gasteiger partial charge in [-0.1, -0.05) is 50.2 Å². The lowest BCUT2D eigenvalue weighted by atomic mass is 9.97. The number of rotatable bonds is 8. The maximum Gasteiger partial charge on any atom is 0.408 e. The molecule has 0 heterocycles. The highest BCUT2D eigenvalue weighted by atomic mass is 16.6. The van der Waals surface area contributed by atoms with Gasteiger partial charge in [0.1, 0.15) is 30.0 Å². The number of hydrogen-bond donors (Lipinski definition) is 3. The van der Waals surface area contributed by atoms with Crippen molar-refractivity contribution in [3.05, 3.63) is 59.2 Å². The van der Waals surface area contributed by atoms with Crippen LogP contribution < -0.4 is 10.6 Å². The largest absolute Gasteiger partial charge is 0.507 e. The Hall–Kier alpha value is -4.06. The van der Waals surface area contributed by atoms with E-state index in [-0.39, 0.29) is 11.3 Å². The van der Waals surface area contributed by atoms with E-state index in [0.29, 0.717) is 11.3 Å². The molecule has 0 saturated heterocycles. The molecule has 9 heteroatoms. The van der Waals surface area contributed by atoms with Gasteiger partial charge in [0, 0.05) is 11.3 Å². The van der Waals surface area contributed by atoms with Crippen molar-refractivity contribution in [3.8, 4) is 11.8 Å². The number of nitrogens with one attached hydrogen (secondary N) is 2. The monoisotopic (exact) mass is 508 g/mol. The van der Waals surface area contributed by atoms with Gasteiger partial charge < -0.3 is 25.4 Å². The van der Waals surface area contributed by atoms with Crippen molar-refractivity contribution >= 4 is 23.6 Å². The molecule has 2 rings (SSSR count). The van der Waals surface area contributed by atoms with Gasteiger partial charge in [-0.25, -0.2) is 4.79 Å². The van der Waals surface area contributed by atoms with Crippen LogP contribution in [0, 0.1) is 31.1 Å². The molecule has 37 heavy (non-hydrogen) atoms. The number of alkyl carbamates (subject to hydrolysis) is 1. The average molecular weight is 509 g/mol. The molecule has 0 aliphatic carbocycles. The summed E-state index contributed by atoms with van der Waals surface area (Å²) in [6.45, 7) is 11.6. The van der Waals surface area contributed by atoms with E-state index in [1.54, 1.807) is 65.8 Å². The second-order valence-corrected chi connectivity index (χ2v) is 10.2. The van der Waals surface area contributed by atoms with Crippen molar-refractivity contribution in [1.82, 2.24) is 10.2 Å². The van der Waals surface area contributed by atoms with Gasteiger partial charge in [-0.15, -0.1) is 0 Å². The van der Waals surface area contributed by atoms with Crippen LogP contribution in [0.4, 0.5) is 10.5 Å². The number of hydrogen-bond acceptors (Lipinski definition) is 6. The van der Waals surface area contributed by atoms with Crippen LogP contribution in [-0.4, -0.2) is 46.1 Å². The Balaban J connectivity index is 2.57. The van der Waals surface area contributed by atoms with Crippen LogP contribution in [0.1, 0.15) is 57.4 Å². The number of nitrogens with zero attached hydrogens (tertiary/aromatic N) is 2. The summed E-state index contributed by atoms with van der Waals surface area (Å²) in [5.41, 5.74) is 1.20. The van der Waals surface area contributed by atoms with Crippen LogP contribution in [-0.2, 0) is 14.3 Å². The molecule has 2 aromatic carbocycles. The molecule has 9 nitrogen and oxygen atoms in total. The molecule has 0 fully saturated rings. The van der Waals surface area contributed by atoms with Gasteiger partial charge in [-0.2, -0.15) is 5.26 Å². The van der Waals surface area contributed by atoms with Gasteiger partial charge >= 0.3 is 6.09 Å². The van der Waals surface area contributed by atoms with Gasteiger partial charge in [-0.05, 0) is 57.7 Å². The first kappa shape index (κ1) is 29.2.